The third-order valence-corrected chi connectivity index (χ3v) is 3.36. The SMILES string of the molecule is Nc1cnc(NCc2ccc3c(c2)OCO3)c(Br)c1. The number of anilines is 2. The summed E-state index contributed by atoms with van der Waals surface area (Å²) in [6.07, 6.45) is 1.62. The molecule has 19 heavy (non-hydrogen) atoms. The van der Waals surface area contributed by atoms with E-state index in [4.69, 9.17) is 15.2 Å². The Morgan fingerprint density at radius 2 is 2.11 bits per heavy atom. The number of nitrogens with one attached hydrogen (secondary N) is 1. The summed E-state index contributed by atoms with van der Waals surface area (Å²) in [4.78, 5) is 4.23. The zero-order chi connectivity index (χ0) is 13.2. The van der Waals surface area contributed by atoms with Gasteiger partial charge in [-0.3, -0.25) is 0 Å². The van der Waals surface area contributed by atoms with Crippen LogP contribution in [0.15, 0.2) is 34.9 Å². The summed E-state index contributed by atoms with van der Waals surface area (Å²) in [7, 11) is 0. The summed E-state index contributed by atoms with van der Waals surface area (Å²) >= 11 is 3.42. The van der Waals surface area contributed by atoms with Gasteiger partial charge in [-0.1, -0.05) is 6.07 Å². The van der Waals surface area contributed by atoms with Crippen LogP contribution in [0.5, 0.6) is 11.5 Å². The van der Waals surface area contributed by atoms with Crippen molar-refractivity contribution in [2.45, 2.75) is 6.54 Å². The van der Waals surface area contributed by atoms with Gasteiger partial charge >= 0.3 is 0 Å². The number of benzene rings is 1. The van der Waals surface area contributed by atoms with E-state index in [-0.39, 0.29) is 6.79 Å². The highest BCUT2D eigenvalue weighted by molar-refractivity contribution is 9.10. The first-order valence-electron chi connectivity index (χ1n) is 5.76. The molecule has 0 atom stereocenters. The predicted molar refractivity (Wildman–Crippen MR) is 76.2 cm³/mol. The van der Waals surface area contributed by atoms with Gasteiger partial charge in [-0.15, -0.1) is 0 Å². The van der Waals surface area contributed by atoms with Crippen molar-refractivity contribution < 1.29 is 9.47 Å². The van der Waals surface area contributed by atoms with Crippen LogP contribution in [0.25, 0.3) is 0 Å². The Morgan fingerprint density at radius 1 is 1.26 bits per heavy atom. The van der Waals surface area contributed by atoms with Gasteiger partial charge in [0.2, 0.25) is 6.79 Å². The average Bonchev–Trinajstić information content (AvgIpc) is 2.85. The van der Waals surface area contributed by atoms with E-state index in [0.29, 0.717) is 12.2 Å². The van der Waals surface area contributed by atoms with E-state index in [0.717, 1.165) is 27.4 Å². The highest BCUT2D eigenvalue weighted by atomic mass is 79.9. The summed E-state index contributed by atoms with van der Waals surface area (Å²) in [5.74, 6) is 2.33. The van der Waals surface area contributed by atoms with Gasteiger partial charge in [0.1, 0.15) is 5.82 Å². The van der Waals surface area contributed by atoms with Gasteiger partial charge in [0.15, 0.2) is 11.5 Å². The van der Waals surface area contributed by atoms with Crippen LogP contribution in [-0.4, -0.2) is 11.8 Å². The maximum atomic E-state index is 5.65. The highest BCUT2D eigenvalue weighted by Crippen LogP contribution is 2.32. The molecule has 0 amide bonds. The molecule has 2 aromatic rings. The standard InChI is InChI=1S/C13H12BrN3O2/c14-10-4-9(15)6-17-13(10)16-5-8-1-2-11-12(3-8)19-7-18-11/h1-4,6H,5,7,15H2,(H,16,17). The largest absolute Gasteiger partial charge is 0.454 e. The second-order valence-corrected chi connectivity index (χ2v) is 4.99. The van der Waals surface area contributed by atoms with Gasteiger partial charge in [0, 0.05) is 6.54 Å². The molecule has 0 radical (unpaired) electrons. The molecule has 2 heterocycles. The fourth-order valence-corrected chi connectivity index (χ4v) is 2.33. The molecule has 0 saturated heterocycles. The van der Waals surface area contributed by atoms with Crippen LogP contribution in [-0.2, 0) is 6.54 Å². The maximum absolute atomic E-state index is 5.65. The van der Waals surface area contributed by atoms with Gasteiger partial charge < -0.3 is 20.5 Å². The number of nitrogens with zero attached hydrogens (tertiary/aromatic N) is 1. The Morgan fingerprint density at radius 3 is 2.95 bits per heavy atom. The molecule has 5 nitrogen and oxygen atoms in total. The first-order chi connectivity index (χ1) is 9.22. The van der Waals surface area contributed by atoms with Gasteiger partial charge in [-0.05, 0) is 39.7 Å². The van der Waals surface area contributed by atoms with Crippen LogP contribution in [0.3, 0.4) is 0 Å². The molecule has 1 aromatic heterocycles. The molecule has 0 fully saturated rings. The molecule has 3 rings (SSSR count). The van der Waals surface area contributed by atoms with Crippen molar-refractivity contribution in [3.63, 3.8) is 0 Å². The smallest absolute Gasteiger partial charge is 0.231 e. The van der Waals surface area contributed by atoms with E-state index in [2.05, 4.69) is 26.2 Å². The van der Waals surface area contributed by atoms with Crippen molar-refractivity contribution in [3.8, 4) is 11.5 Å². The average molecular weight is 322 g/mol. The second kappa shape index (κ2) is 4.97. The third-order valence-electron chi connectivity index (χ3n) is 2.76. The number of aromatic nitrogens is 1. The topological polar surface area (TPSA) is 69.4 Å². The number of nitrogen functional groups attached to an aromatic ring is 1. The zero-order valence-electron chi connectivity index (χ0n) is 10.0. The minimum Gasteiger partial charge on any atom is -0.454 e. The van der Waals surface area contributed by atoms with Gasteiger partial charge in [0.25, 0.3) is 0 Å². The van der Waals surface area contributed by atoms with Gasteiger partial charge in [-0.25, -0.2) is 4.98 Å². The van der Waals surface area contributed by atoms with E-state index < -0.39 is 0 Å². The molecule has 1 aliphatic heterocycles. The van der Waals surface area contributed by atoms with E-state index >= 15 is 0 Å². The first kappa shape index (κ1) is 12.1. The Balaban J connectivity index is 1.72. The molecule has 0 saturated carbocycles. The molecule has 0 aliphatic carbocycles. The molecule has 98 valence electrons. The second-order valence-electron chi connectivity index (χ2n) is 4.14. The maximum Gasteiger partial charge on any atom is 0.231 e. The minimum atomic E-state index is 0.289. The number of ether oxygens (including phenoxy) is 2. The van der Waals surface area contributed by atoms with Crippen LogP contribution >= 0.6 is 15.9 Å². The fraction of sp³-hybridized carbons (Fsp3) is 0.154. The number of pyridine rings is 1. The molecule has 1 aromatic carbocycles. The number of rotatable bonds is 3. The zero-order valence-corrected chi connectivity index (χ0v) is 11.6. The summed E-state index contributed by atoms with van der Waals surface area (Å²) in [6.45, 7) is 0.934. The predicted octanol–water partition coefficient (Wildman–Crippen LogP) is 2.77. The van der Waals surface area contributed by atoms with E-state index in [9.17, 15) is 0 Å². The van der Waals surface area contributed by atoms with Gasteiger partial charge in [-0.2, -0.15) is 0 Å². The van der Waals surface area contributed by atoms with Crippen molar-refractivity contribution in [1.29, 1.82) is 0 Å². The minimum absolute atomic E-state index is 0.289. The summed E-state index contributed by atoms with van der Waals surface area (Å²) in [6, 6.07) is 7.67. The lowest BCUT2D eigenvalue weighted by Gasteiger charge is -2.08. The normalized spacial score (nSPS) is 12.5. The number of nitrogens with two attached hydrogens (primary N) is 1. The lowest BCUT2D eigenvalue weighted by Crippen LogP contribution is -2.02. The molecule has 0 bridgehead atoms. The molecular formula is C13H12BrN3O2. The van der Waals surface area contributed by atoms with Crippen LogP contribution in [0.4, 0.5) is 11.5 Å². The van der Waals surface area contributed by atoms with Crippen LogP contribution in [0, 0.1) is 0 Å². The summed E-state index contributed by atoms with van der Waals surface area (Å²) < 4.78 is 11.5. The lowest BCUT2D eigenvalue weighted by atomic mass is 10.2. The Labute approximate surface area is 118 Å². The third kappa shape index (κ3) is 2.58. The van der Waals surface area contributed by atoms with E-state index in [1.54, 1.807) is 6.20 Å². The molecule has 1 aliphatic rings. The van der Waals surface area contributed by atoms with Crippen LogP contribution < -0.4 is 20.5 Å². The summed E-state index contributed by atoms with van der Waals surface area (Å²) in [5, 5.41) is 3.24. The van der Waals surface area contributed by atoms with Crippen LogP contribution in [0.2, 0.25) is 0 Å². The fourth-order valence-electron chi connectivity index (χ4n) is 1.82. The Hall–Kier alpha value is -1.95. The number of halogens is 1. The molecule has 0 unspecified atom stereocenters. The van der Waals surface area contributed by atoms with E-state index in [1.165, 1.54) is 0 Å². The molecular weight excluding hydrogens is 310 g/mol. The quantitative estimate of drug-likeness (QED) is 0.909. The van der Waals surface area contributed by atoms with Crippen molar-refractivity contribution in [2.24, 2.45) is 0 Å². The molecule has 0 spiro atoms. The number of fused-ring (bicyclic) bond motifs is 1. The first-order valence-corrected chi connectivity index (χ1v) is 6.55. The van der Waals surface area contributed by atoms with Crippen LogP contribution in [0.1, 0.15) is 5.56 Å². The Bertz CT molecular complexity index is 619. The summed E-state index contributed by atoms with van der Waals surface area (Å²) in [5.41, 5.74) is 7.36. The van der Waals surface area contributed by atoms with Crippen molar-refractivity contribution in [1.82, 2.24) is 4.98 Å². The monoisotopic (exact) mass is 321 g/mol. The highest BCUT2D eigenvalue weighted by Gasteiger charge is 2.13. The molecule has 6 heteroatoms. The number of hydrogen-bond donors (Lipinski definition) is 2. The molecule has 3 N–H and O–H groups in total. The van der Waals surface area contributed by atoms with E-state index in [1.807, 2.05) is 24.3 Å². The lowest BCUT2D eigenvalue weighted by molar-refractivity contribution is 0.174. The number of hydrogen-bond acceptors (Lipinski definition) is 5. The van der Waals surface area contributed by atoms with Crippen molar-refractivity contribution >= 4 is 27.4 Å². The van der Waals surface area contributed by atoms with Crippen molar-refractivity contribution in [3.05, 3.63) is 40.5 Å². The Kier molecular flexibility index (Phi) is 3.16. The van der Waals surface area contributed by atoms with Gasteiger partial charge in [0.05, 0.1) is 16.4 Å². The van der Waals surface area contributed by atoms with Crippen molar-refractivity contribution in [2.75, 3.05) is 17.8 Å².